The highest BCUT2D eigenvalue weighted by molar-refractivity contribution is 7.09. The molecule has 0 aliphatic rings. The first-order chi connectivity index (χ1) is 9.88. The van der Waals surface area contributed by atoms with Gasteiger partial charge in [0.05, 0.1) is 6.54 Å². The molecule has 0 aliphatic heterocycles. The third-order valence-electron chi connectivity index (χ3n) is 2.72. The summed E-state index contributed by atoms with van der Waals surface area (Å²) in [5.41, 5.74) is 1.09. The van der Waals surface area contributed by atoms with Crippen LogP contribution in [0.3, 0.4) is 0 Å². The molecule has 0 aliphatic carbocycles. The van der Waals surface area contributed by atoms with E-state index in [4.69, 9.17) is 0 Å². The van der Waals surface area contributed by atoms with Crippen molar-refractivity contribution in [2.24, 2.45) is 4.99 Å². The van der Waals surface area contributed by atoms with Gasteiger partial charge in [-0.2, -0.15) is 0 Å². The van der Waals surface area contributed by atoms with Gasteiger partial charge in [0.15, 0.2) is 5.96 Å². The lowest BCUT2D eigenvalue weighted by atomic mass is 10.3. The molecule has 20 heavy (non-hydrogen) atoms. The number of rotatable bonds is 6. The Morgan fingerprint density at radius 2 is 2.20 bits per heavy atom. The molecule has 0 saturated heterocycles. The van der Waals surface area contributed by atoms with E-state index in [2.05, 4.69) is 45.0 Å². The van der Waals surface area contributed by atoms with Crippen LogP contribution in [-0.2, 0) is 13.0 Å². The zero-order chi connectivity index (χ0) is 14.0. The van der Waals surface area contributed by atoms with Crippen LogP contribution in [0, 0.1) is 0 Å². The lowest BCUT2D eigenvalue weighted by molar-refractivity contribution is 0.789. The molecule has 2 N–H and O–H groups in total. The van der Waals surface area contributed by atoms with Crippen molar-refractivity contribution < 1.29 is 0 Å². The third kappa shape index (κ3) is 5.01. The molecule has 2 heterocycles. The minimum absolute atomic E-state index is 0.719. The maximum absolute atomic E-state index is 4.57. The van der Waals surface area contributed by atoms with Gasteiger partial charge in [0.1, 0.15) is 0 Å². The van der Waals surface area contributed by atoms with Crippen molar-refractivity contribution >= 4 is 17.3 Å². The average molecular weight is 288 g/mol. The molecular formula is C15H20N4S. The van der Waals surface area contributed by atoms with Crippen LogP contribution in [0.2, 0.25) is 0 Å². The van der Waals surface area contributed by atoms with Gasteiger partial charge in [-0.25, -0.2) is 4.99 Å². The fourth-order valence-electron chi connectivity index (χ4n) is 1.76. The summed E-state index contributed by atoms with van der Waals surface area (Å²) in [5, 5.41) is 8.67. The Bertz CT molecular complexity index is 508. The van der Waals surface area contributed by atoms with E-state index in [-0.39, 0.29) is 0 Å². The molecule has 0 fully saturated rings. The smallest absolute Gasteiger partial charge is 0.191 e. The van der Waals surface area contributed by atoms with Gasteiger partial charge in [-0.1, -0.05) is 12.1 Å². The highest BCUT2D eigenvalue weighted by Gasteiger charge is 1.99. The number of hydrogen-bond acceptors (Lipinski definition) is 3. The zero-order valence-electron chi connectivity index (χ0n) is 11.7. The van der Waals surface area contributed by atoms with Crippen LogP contribution in [0.1, 0.15) is 17.5 Å². The van der Waals surface area contributed by atoms with E-state index in [1.807, 2.05) is 24.4 Å². The number of hydrogen-bond donors (Lipinski definition) is 2. The van der Waals surface area contributed by atoms with Crippen molar-refractivity contribution in [2.45, 2.75) is 19.9 Å². The Morgan fingerprint density at radius 1 is 1.25 bits per heavy atom. The summed E-state index contributed by atoms with van der Waals surface area (Å²) in [7, 11) is 0. The first kappa shape index (κ1) is 14.5. The standard InChI is InChI=1S/C15H20N4S/c1-2-16-15(19-12-14-7-5-11-20-14)18-10-8-13-6-3-4-9-17-13/h3-7,9,11H,2,8,10,12H2,1H3,(H2,16,18,19). The molecule has 0 radical (unpaired) electrons. The predicted molar refractivity (Wildman–Crippen MR) is 85.1 cm³/mol. The summed E-state index contributed by atoms with van der Waals surface area (Å²) in [5.74, 6) is 0.858. The number of pyridine rings is 1. The predicted octanol–water partition coefficient (Wildman–Crippen LogP) is 2.44. The first-order valence-corrected chi connectivity index (χ1v) is 7.71. The maximum atomic E-state index is 4.57. The molecule has 0 aromatic carbocycles. The van der Waals surface area contributed by atoms with Crippen LogP contribution in [0.15, 0.2) is 46.9 Å². The molecule has 106 valence electrons. The Balaban J connectivity index is 1.81. The highest BCUT2D eigenvalue weighted by atomic mass is 32.1. The van der Waals surface area contributed by atoms with E-state index in [0.29, 0.717) is 0 Å². The molecule has 5 heteroatoms. The van der Waals surface area contributed by atoms with E-state index >= 15 is 0 Å². The van der Waals surface area contributed by atoms with Crippen LogP contribution in [0.4, 0.5) is 0 Å². The molecule has 2 aromatic rings. The van der Waals surface area contributed by atoms with Gasteiger partial charge in [-0.05, 0) is 30.5 Å². The zero-order valence-corrected chi connectivity index (χ0v) is 12.5. The number of aromatic nitrogens is 1. The Hall–Kier alpha value is -1.88. The Labute approximate surface area is 124 Å². The molecule has 0 atom stereocenters. The molecule has 0 bridgehead atoms. The van der Waals surface area contributed by atoms with Crippen molar-refractivity contribution in [2.75, 3.05) is 13.1 Å². The molecule has 0 amide bonds. The summed E-state index contributed by atoms with van der Waals surface area (Å²) in [6.45, 7) is 4.48. The van der Waals surface area contributed by atoms with Crippen molar-refractivity contribution in [3.63, 3.8) is 0 Å². The van der Waals surface area contributed by atoms with Gasteiger partial charge in [0.2, 0.25) is 0 Å². The second-order valence-corrected chi connectivity index (χ2v) is 5.30. The minimum atomic E-state index is 0.719. The SMILES string of the molecule is CCNC(=NCc1cccs1)NCCc1ccccn1. The molecule has 2 rings (SSSR count). The number of thiophene rings is 1. The Kier molecular flexibility index (Phi) is 6.05. The quantitative estimate of drug-likeness (QED) is 0.634. The van der Waals surface area contributed by atoms with Crippen LogP contribution in [-0.4, -0.2) is 24.0 Å². The molecule has 4 nitrogen and oxygen atoms in total. The monoisotopic (exact) mass is 288 g/mol. The van der Waals surface area contributed by atoms with E-state index in [1.165, 1.54) is 4.88 Å². The molecule has 0 spiro atoms. The average Bonchev–Trinajstić information content (AvgIpc) is 2.99. The van der Waals surface area contributed by atoms with Crippen molar-refractivity contribution in [1.82, 2.24) is 15.6 Å². The summed E-state index contributed by atoms with van der Waals surface area (Å²) in [6, 6.07) is 10.1. The Morgan fingerprint density at radius 3 is 2.90 bits per heavy atom. The lowest BCUT2D eigenvalue weighted by Crippen LogP contribution is -2.38. The summed E-state index contributed by atoms with van der Waals surface area (Å²) < 4.78 is 0. The fourth-order valence-corrected chi connectivity index (χ4v) is 2.38. The van der Waals surface area contributed by atoms with Gasteiger partial charge in [-0.15, -0.1) is 11.3 Å². The highest BCUT2D eigenvalue weighted by Crippen LogP contribution is 2.09. The summed E-state index contributed by atoms with van der Waals surface area (Å²) in [4.78, 5) is 10.2. The van der Waals surface area contributed by atoms with Gasteiger partial charge in [0.25, 0.3) is 0 Å². The van der Waals surface area contributed by atoms with E-state index < -0.39 is 0 Å². The number of nitrogens with one attached hydrogen (secondary N) is 2. The molecule has 0 unspecified atom stereocenters. The number of nitrogens with zero attached hydrogens (tertiary/aromatic N) is 2. The van der Waals surface area contributed by atoms with Crippen molar-refractivity contribution in [1.29, 1.82) is 0 Å². The van der Waals surface area contributed by atoms with Crippen LogP contribution >= 0.6 is 11.3 Å². The van der Waals surface area contributed by atoms with Crippen LogP contribution < -0.4 is 10.6 Å². The van der Waals surface area contributed by atoms with Gasteiger partial charge >= 0.3 is 0 Å². The summed E-state index contributed by atoms with van der Waals surface area (Å²) >= 11 is 1.73. The minimum Gasteiger partial charge on any atom is -0.357 e. The number of aliphatic imine (C=N–C) groups is 1. The summed E-state index contributed by atoms with van der Waals surface area (Å²) in [6.07, 6.45) is 2.72. The lowest BCUT2D eigenvalue weighted by Gasteiger charge is -2.10. The van der Waals surface area contributed by atoms with Gasteiger partial charge < -0.3 is 10.6 Å². The second-order valence-electron chi connectivity index (χ2n) is 4.27. The second kappa shape index (κ2) is 8.32. The van der Waals surface area contributed by atoms with Gasteiger partial charge in [0, 0.05) is 36.3 Å². The van der Waals surface area contributed by atoms with E-state index in [9.17, 15) is 0 Å². The normalized spacial score (nSPS) is 11.3. The van der Waals surface area contributed by atoms with E-state index in [1.54, 1.807) is 11.3 Å². The first-order valence-electron chi connectivity index (χ1n) is 6.83. The molecule has 2 aromatic heterocycles. The topological polar surface area (TPSA) is 49.3 Å². The largest absolute Gasteiger partial charge is 0.357 e. The molecular weight excluding hydrogens is 268 g/mol. The third-order valence-corrected chi connectivity index (χ3v) is 3.58. The van der Waals surface area contributed by atoms with Crippen molar-refractivity contribution in [3.8, 4) is 0 Å². The van der Waals surface area contributed by atoms with Crippen LogP contribution in [0.5, 0.6) is 0 Å². The van der Waals surface area contributed by atoms with Crippen molar-refractivity contribution in [3.05, 3.63) is 52.5 Å². The van der Waals surface area contributed by atoms with Crippen LogP contribution in [0.25, 0.3) is 0 Å². The molecule has 0 saturated carbocycles. The van der Waals surface area contributed by atoms with E-state index in [0.717, 1.165) is 37.7 Å². The number of guanidine groups is 1. The van der Waals surface area contributed by atoms with Gasteiger partial charge in [-0.3, -0.25) is 4.98 Å². The fraction of sp³-hybridized carbons (Fsp3) is 0.333. The maximum Gasteiger partial charge on any atom is 0.191 e.